The summed E-state index contributed by atoms with van der Waals surface area (Å²) in [6.07, 6.45) is 1.35. The molecule has 2 N–H and O–H groups in total. The summed E-state index contributed by atoms with van der Waals surface area (Å²) in [7, 11) is 0. The summed E-state index contributed by atoms with van der Waals surface area (Å²) in [5, 5.41) is 0.608. The summed E-state index contributed by atoms with van der Waals surface area (Å²) in [5.74, 6) is 0.137. The molecule has 20 heavy (non-hydrogen) atoms. The van der Waals surface area contributed by atoms with Crippen LogP contribution in [0.15, 0.2) is 42.5 Å². The van der Waals surface area contributed by atoms with Gasteiger partial charge in [0.25, 0.3) is 0 Å². The maximum absolute atomic E-state index is 12.2. The standard InChI is InChI=1S/C16H15ClN2O/c17-13-7-5-12(14(18)9-13)10-19-15-4-2-1-3-11(15)6-8-16(19)20/h1-5,7,9H,6,8,10,18H2. The summed E-state index contributed by atoms with van der Waals surface area (Å²) >= 11 is 5.91. The molecule has 0 spiro atoms. The molecule has 0 saturated carbocycles. The van der Waals surface area contributed by atoms with Gasteiger partial charge in [-0.3, -0.25) is 4.79 Å². The molecule has 1 heterocycles. The number of carbonyl (C=O) groups excluding carboxylic acids is 1. The van der Waals surface area contributed by atoms with Gasteiger partial charge in [-0.15, -0.1) is 0 Å². The number of carbonyl (C=O) groups is 1. The highest BCUT2D eigenvalue weighted by Gasteiger charge is 2.24. The van der Waals surface area contributed by atoms with E-state index in [0.29, 0.717) is 23.7 Å². The Bertz CT molecular complexity index is 669. The second-order valence-corrected chi connectivity index (χ2v) is 5.39. The second kappa shape index (κ2) is 5.17. The summed E-state index contributed by atoms with van der Waals surface area (Å²) in [6, 6.07) is 13.4. The third-order valence-corrected chi connectivity index (χ3v) is 3.86. The quantitative estimate of drug-likeness (QED) is 0.860. The molecule has 0 bridgehead atoms. The van der Waals surface area contributed by atoms with Gasteiger partial charge in [-0.05, 0) is 35.7 Å². The van der Waals surface area contributed by atoms with Crippen molar-refractivity contribution in [2.45, 2.75) is 19.4 Å². The molecule has 0 aromatic heterocycles. The van der Waals surface area contributed by atoms with Crippen molar-refractivity contribution in [3.63, 3.8) is 0 Å². The van der Waals surface area contributed by atoms with Crippen molar-refractivity contribution < 1.29 is 4.79 Å². The molecule has 0 saturated heterocycles. The molecular weight excluding hydrogens is 272 g/mol. The predicted octanol–water partition coefficient (Wildman–Crippen LogP) is 3.40. The molecule has 1 aliphatic heterocycles. The third kappa shape index (κ3) is 2.37. The first kappa shape index (κ1) is 13.0. The van der Waals surface area contributed by atoms with Gasteiger partial charge in [0.2, 0.25) is 5.91 Å². The monoisotopic (exact) mass is 286 g/mol. The lowest BCUT2D eigenvalue weighted by molar-refractivity contribution is -0.119. The maximum atomic E-state index is 12.2. The number of hydrogen-bond donors (Lipinski definition) is 1. The van der Waals surface area contributed by atoms with Gasteiger partial charge in [0.15, 0.2) is 0 Å². The predicted molar refractivity (Wildman–Crippen MR) is 81.8 cm³/mol. The zero-order valence-electron chi connectivity index (χ0n) is 11.0. The van der Waals surface area contributed by atoms with Crippen molar-refractivity contribution in [3.05, 3.63) is 58.6 Å². The Morgan fingerprint density at radius 3 is 2.75 bits per heavy atom. The molecule has 102 valence electrons. The largest absolute Gasteiger partial charge is 0.398 e. The number of rotatable bonds is 2. The minimum absolute atomic E-state index is 0.137. The lowest BCUT2D eigenvalue weighted by Crippen LogP contribution is -2.34. The molecule has 1 amide bonds. The molecule has 0 aliphatic carbocycles. The Morgan fingerprint density at radius 2 is 1.95 bits per heavy atom. The number of anilines is 2. The van der Waals surface area contributed by atoms with Crippen LogP contribution in [0.4, 0.5) is 11.4 Å². The lowest BCUT2D eigenvalue weighted by Gasteiger charge is -2.29. The highest BCUT2D eigenvalue weighted by atomic mass is 35.5. The number of fused-ring (bicyclic) bond motifs is 1. The Kier molecular flexibility index (Phi) is 3.36. The van der Waals surface area contributed by atoms with Crippen LogP contribution in [0.2, 0.25) is 5.02 Å². The van der Waals surface area contributed by atoms with Crippen molar-refractivity contribution in [3.8, 4) is 0 Å². The molecule has 0 fully saturated rings. The summed E-state index contributed by atoms with van der Waals surface area (Å²) in [6.45, 7) is 0.485. The van der Waals surface area contributed by atoms with Crippen molar-refractivity contribution in [2.24, 2.45) is 0 Å². The highest BCUT2D eigenvalue weighted by Crippen LogP contribution is 2.30. The average molecular weight is 287 g/mol. The van der Waals surface area contributed by atoms with Crippen LogP contribution in [-0.4, -0.2) is 5.91 Å². The normalized spacial score (nSPS) is 14.2. The molecule has 3 rings (SSSR count). The fourth-order valence-electron chi connectivity index (χ4n) is 2.55. The number of nitrogens with zero attached hydrogens (tertiary/aromatic N) is 1. The smallest absolute Gasteiger partial charge is 0.227 e. The minimum Gasteiger partial charge on any atom is -0.398 e. The van der Waals surface area contributed by atoms with E-state index >= 15 is 0 Å². The fourth-order valence-corrected chi connectivity index (χ4v) is 2.73. The fraction of sp³-hybridized carbons (Fsp3) is 0.188. The van der Waals surface area contributed by atoms with Crippen LogP contribution >= 0.6 is 11.6 Å². The van der Waals surface area contributed by atoms with E-state index in [1.54, 1.807) is 17.0 Å². The first-order valence-corrected chi connectivity index (χ1v) is 6.95. The topological polar surface area (TPSA) is 46.3 Å². The second-order valence-electron chi connectivity index (χ2n) is 4.95. The van der Waals surface area contributed by atoms with Crippen LogP contribution in [0, 0.1) is 0 Å². The van der Waals surface area contributed by atoms with Gasteiger partial charge in [0.1, 0.15) is 0 Å². The Hall–Kier alpha value is -2.00. The summed E-state index contributed by atoms with van der Waals surface area (Å²) in [4.78, 5) is 14.0. The van der Waals surface area contributed by atoms with E-state index in [2.05, 4.69) is 6.07 Å². The average Bonchev–Trinajstić information content (AvgIpc) is 2.44. The van der Waals surface area contributed by atoms with Gasteiger partial charge in [-0.25, -0.2) is 0 Å². The minimum atomic E-state index is 0.137. The first-order valence-electron chi connectivity index (χ1n) is 6.57. The van der Waals surface area contributed by atoms with E-state index in [0.717, 1.165) is 17.7 Å². The Labute approximate surface area is 123 Å². The number of hydrogen-bond acceptors (Lipinski definition) is 2. The van der Waals surface area contributed by atoms with Gasteiger partial charge in [-0.1, -0.05) is 35.9 Å². The van der Waals surface area contributed by atoms with Crippen LogP contribution in [0.1, 0.15) is 17.5 Å². The van der Waals surface area contributed by atoms with Crippen LogP contribution in [0.5, 0.6) is 0 Å². The van der Waals surface area contributed by atoms with Crippen LogP contribution in [0.25, 0.3) is 0 Å². The van der Waals surface area contributed by atoms with E-state index in [1.165, 1.54) is 5.56 Å². The van der Waals surface area contributed by atoms with Gasteiger partial charge in [0.05, 0.1) is 6.54 Å². The van der Waals surface area contributed by atoms with E-state index in [1.807, 2.05) is 24.3 Å². The van der Waals surface area contributed by atoms with Gasteiger partial charge in [0, 0.05) is 22.8 Å². The molecule has 2 aromatic rings. The summed E-state index contributed by atoms with van der Waals surface area (Å²) < 4.78 is 0. The number of halogens is 1. The number of nitrogen functional groups attached to an aromatic ring is 1. The van der Waals surface area contributed by atoms with E-state index in [-0.39, 0.29) is 5.91 Å². The first-order chi connectivity index (χ1) is 9.65. The van der Waals surface area contributed by atoms with E-state index in [4.69, 9.17) is 17.3 Å². The Morgan fingerprint density at radius 1 is 1.15 bits per heavy atom. The summed E-state index contributed by atoms with van der Waals surface area (Å²) in [5.41, 5.74) is 9.71. The van der Waals surface area contributed by atoms with Crippen LogP contribution in [-0.2, 0) is 17.8 Å². The zero-order chi connectivity index (χ0) is 14.1. The Balaban J connectivity index is 1.95. The number of para-hydroxylation sites is 1. The SMILES string of the molecule is Nc1cc(Cl)ccc1CN1C(=O)CCc2ccccc21. The van der Waals surface area contributed by atoms with Gasteiger partial charge >= 0.3 is 0 Å². The van der Waals surface area contributed by atoms with Gasteiger partial charge in [-0.2, -0.15) is 0 Å². The van der Waals surface area contributed by atoms with Crippen LogP contribution < -0.4 is 10.6 Å². The number of nitrogens with two attached hydrogens (primary N) is 1. The number of aryl methyl sites for hydroxylation is 1. The van der Waals surface area contributed by atoms with Crippen molar-refractivity contribution in [1.29, 1.82) is 0 Å². The molecular formula is C16H15ClN2O. The highest BCUT2D eigenvalue weighted by molar-refractivity contribution is 6.30. The zero-order valence-corrected chi connectivity index (χ0v) is 11.7. The van der Waals surface area contributed by atoms with Crippen LogP contribution in [0.3, 0.4) is 0 Å². The molecule has 2 aromatic carbocycles. The number of benzene rings is 2. The molecule has 0 unspecified atom stereocenters. The maximum Gasteiger partial charge on any atom is 0.227 e. The van der Waals surface area contributed by atoms with Crippen molar-refractivity contribution in [1.82, 2.24) is 0 Å². The van der Waals surface area contributed by atoms with Crippen molar-refractivity contribution in [2.75, 3.05) is 10.6 Å². The van der Waals surface area contributed by atoms with E-state index < -0.39 is 0 Å². The molecule has 4 heteroatoms. The van der Waals surface area contributed by atoms with E-state index in [9.17, 15) is 4.79 Å². The third-order valence-electron chi connectivity index (χ3n) is 3.63. The number of amides is 1. The lowest BCUT2D eigenvalue weighted by atomic mass is 10.0. The molecule has 0 radical (unpaired) electrons. The molecule has 3 nitrogen and oxygen atoms in total. The molecule has 0 atom stereocenters. The molecule has 1 aliphatic rings. The van der Waals surface area contributed by atoms with Crippen molar-refractivity contribution >= 4 is 28.9 Å². The van der Waals surface area contributed by atoms with Gasteiger partial charge < -0.3 is 10.6 Å².